The van der Waals surface area contributed by atoms with E-state index in [1.807, 2.05) is 6.07 Å². The zero-order valence-electron chi connectivity index (χ0n) is 7.82. The van der Waals surface area contributed by atoms with Gasteiger partial charge >= 0.3 is 0 Å². The molecule has 0 aliphatic rings. The molecule has 1 aromatic carbocycles. The summed E-state index contributed by atoms with van der Waals surface area (Å²) in [4.78, 5) is 0. The molecule has 0 saturated carbocycles. The Morgan fingerprint density at radius 1 is 1.42 bits per heavy atom. The maximum Gasteiger partial charge on any atom is 0.115 e. The van der Waals surface area contributed by atoms with Crippen LogP contribution in [-0.2, 0) is 12.1 Å². The molecule has 0 aliphatic carbocycles. The third kappa shape index (κ3) is 1.84. The third-order valence-corrected chi connectivity index (χ3v) is 1.91. The summed E-state index contributed by atoms with van der Waals surface area (Å²) in [5, 5.41) is 0. The molecule has 0 amide bonds. The summed E-state index contributed by atoms with van der Waals surface area (Å²) in [7, 11) is 0. The predicted molar refractivity (Wildman–Crippen MR) is 48.8 cm³/mol. The van der Waals surface area contributed by atoms with Crippen molar-refractivity contribution >= 4 is 0 Å². The van der Waals surface area contributed by atoms with Crippen LogP contribution in [0.15, 0.2) is 18.2 Å². The fraction of sp³-hybridized carbons (Fsp3) is 0.455. The second kappa shape index (κ2) is 3.26. The van der Waals surface area contributed by atoms with Gasteiger partial charge in [-0.25, -0.2) is 4.39 Å². The molecule has 0 spiro atoms. The number of alkyl halides is 1. The maximum atomic E-state index is 12.5. The minimum atomic E-state index is -0.388. The van der Waals surface area contributed by atoms with Gasteiger partial charge in [-0.05, 0) is 22.6 Å². The van der Waals surface area contributed by atoms with E-state index in [4.69, 9.17) is 0 Å². The lowest BCUT2D eigenvalue weighted by atomic mass is 9.84. The summed E-state index contributed by atoms with van der Waals surface area (Å²) in [6.45, 7) is 5.85. The highest BCUT2D eigenvalue weighted by atomic mass is 19.1. The highest BCUT2D eigenvalue weighted by molar-refractivity contribution is 5.31. The van der Waals surface area contributed by atoms with Gasteiger partial charge in [0.1, 0.15) is 6.67 Å². The van der Waals surface area contributed by atoms with Gasteiger partial charge in [-0.3, -0.25) is 0 Å². The third-order valence-electron chi connectivity index (χ3n) is 1.91. The van der Waals surface area contributed by atoms with Crippen molar-refractivity contribution < 1.29 is 4.39 Å². The monoisotopic (exact) mass is 165 g/mol. The molecular weight excluding hydrogens is 151 g/mol. The predicted octanol–water partition coefficient (Wildman–Crippen LogP) is 3.25. The van der Waals surface area contributed by atoms with Crippen molar-refractivity contribution in [1.29, 1.82) is 0 Å². The van der Waals surface area contributed by atoms with Gasteiger partial charge in [-0.1, -0.05) is 39.0 Å². The Kier molecular flexibility index (Phi) is 2.51. The molecule has 1 aromatic rings. The van der Waals surface area contributed by atoms with E-state index >= 15 is 0 Å². The van der Waals surface area contributed by atoms with E-state index < -0.39 is 0 Å². The lowest BCUT2D eigenvalue weighted by Crippen LogP contribution is -2.13. The first-order valence-corrected chi connectivity index (χ1v) is 4.11. The van der Waals surface area contributed by atoms with E-state index in [1.54, 1.807) is 12.1 Å². The fourth-order valence-electron chi connectivity index (χ4n) is 1.28. The van der Waals surface area contributed by atoms with E-state index in [-0.39, 0.29) is 12.1 Å². The van der Waals surface area contributed by atoms with E-state index in [1.165, 1.54) is 0 Å². The quantitative estimate of drug-likeness (QED) is 0.599. The SMILES string of the molecule is CC(C)(C)c1c[c]ccc1CF. The van der Waals surface area contributed by atoms with E-state index in [0.717, 1.165) is 11.1 Å². The van der Waals surface area contributed by atoms with Crippen LogP contribution in [0.25, 0.3) is 0 Å². The Balaban J connectivity index is 3.14. The van der Waals surface area contributed by atoms with Crippen LogP contribution in [0.2, 0.25) is 0 Å². The van der Waals surface area contributed by atoms with Crippen LogP contribution in [0.1, 0.15) is 31.9 Å². The van der Waals surface area contributed by atoms with Crippen LogP contribution in [-0.4, -0.2) is 0 Å². The van der Waals surface area contributed by atoms with Gasteiger partial charge in [0.25, 0.3) is 0 Å². The fourth-order valence-corrected chi connectivity index (χ4v) is 1.28. The van der Waals surface area contributed by atoms with E-state index in [0.29, 0.717) is 0 Å². The molecule has 1 rings (SSSR count). The first-order chi connectivity index (χ1) is 5.55. The molecule has 0 aromatic heterocycles. The largest absolute Gasteiger partial charge is 0.246 e. The molecule has 12 heavy (non-hydrogen) atoms. The smallest absolute Gasteiger partial charge is 0.115 e. The molecule has 0 N–H and O–H groups in total. The molecule has 0 nitrogen and oxygen atoms in total. The highest BCUT2D eigenvalue weighted by Crippen LogP contribution is 2.25. The van der Waals surface area contributed by atoms with Crippen molar-refractivity contribution in [2.45, 2.75) is 32.9 Å². The number of rotatable bonds is 1. The lowest BCUT2D eigenvalue weighted by Gasteiger charge is -2.21. The molecular formula is C11H14F. The van der Waals surface area contributed by atoms with Crippen LogP contribution in [0.4, 0.5) is 4.39 Å². The van der Waals surface area contributed by atoms with Crippen molar-refractivity contribution in [2.75, 3.05) is 0 Å². The minimum Gasteiger partial charge on any atom is -0.246 e. The van der Waals surface area contributed by atoms with Gasteiger partial charge in [-0.2, -0.15) is 0 Å². The molecule has 0 atom stereocenters. The normalized spacial score (nSPS) is 11.7. The summed E-state index contributed by atoms with van der Waals surface area (Å²) in [5.74, 6) is 0. The summed E-state index contributed by atoms with van der Waals surface area (Å²) in [6, 6.07) is 8.39. The van der Waals surface area contributed by atoms with Crippen LogP contribution >= 0.6 is 0 Å². The van der Waals surface area contributed by atoms with Crippen molar-refractivity contribution in [2.24, 2.45) is 0 Å². The van der Waals surface area contributed by atoms with Crippen LogP contribution in [0, 0.1) is 6.07 Å². The summed E-state index contributed by atoms with van der Waals surface area (Å²) >= 11 is 0. The van der Waals surface area contributed by atoms with Gasteiger partial charge in [0.15, 0.2) is 0 Å². The number of hydrogen-bond acceptors (Lipinski definition) is 0. The molecule has 1 heteroatoms. The number of halogens is 1. The average molecular weight is 165 g/mol. The van der Waals surface area contributed by atoms with Gasteiger partial charge in [0.2, 0.25) is 0 Å². The van der Waals surface area contributed by atoms with Gasteiger partial charge in [0.05, 0.1) is 0 Å². The van der Waals surface area contributed by atoms with Crippen molar-refractivity contribution in [1.82, 2.24) is 0 Å². The Hall–Kier alpha value is -0.850. The average Bonchev–Trinajstić information content (AvgIpc) is 2.03. The number of benzene rings is 1. The van der Waals surface area contributed by atoms with E-state index in [9.17, 15) is 4.39 Å². The Morgan fingerprint density at radius 3 is 2.50 bits per heavy atom. The molecule has 0 bridgehead atoms. The molecule has 0 aliphatic heterocycles. The lowest BCUT2D eigenvalue weighted by molar-refractivity contribution is 0.470. The first-order valence-electron chi connectivity index (χ1n) is 4.11. The van der Waals surface area contributed by atoms with Crippen molar-refractivity contribution in [3.63, 3.8) is 0 Å². The van der Waals surface area contributed by atoms with Crippen LogP contribution in [0.3, 0.4) is 0 Å². The second-order valence-electron chi connectivity index (χ2n) is 3.97. The molecule has 65 valence electrons. The first kappa shape index (κ1) is 9.24. The zero-order chi connectivity index (χ0) is 9.19. The van der Waals surface area contributed by atoms with Gasteiger partial charge < -0.3 is 0 Å². The summed E-state index contributed by atoms with van der Waals surface area (Å²) in [5.41, 5.74) is 1.84. The zero-order valence-corrected chi connectivity index (χ0v) is 7.82. The van der Waals surface area contributed by atoms with Crippen LogP contribution in [0.5, 0.6) is 0 Å². The van der Waals surface area contributed by atoms with Gasteiger partial charge in [0, 0.05) is 0 Å². The maximum absolute atomic E-state index is 12.5. The Morgan fingerprint density at radius 2 is 2.08 bits per heavy atom. The minimum absolute atomic E-state index is 0.0131. The number of hydrogen-bond donors (Lipinski definition) is 0. The molecule has 0 fully saturated rings. The molecule has 0 heterocycles. The summed E-state index contributed by atoms with van der Waals surface area (Å²) in [6.07, 6.45) is 0. The molecule has 1 radical (unpaired) electrons. The standard InChI is InChI=1S/C11H14F/c1-11(2,3)10-7-5-4-6-9(10)8-12/h4,6-7H,8H2,1-3H3. The van der Waals surface area contributed by atoms with Crippen molar-refractivity contribution in [3.05, 3.63) is 35.4 Å². The Labute approximate surface area is 73.4 Å². The van der Waals surface area contributed by atoms with Gasteiger partial charge in [-0.15, -0.1) is 0 Å². The summed E-state index contributed by atoms with van der Waals surface area (Å²) < 4.78 is 12.5. The van der Waals surface area contributed by atoms with Crippen molar-refractivity contribution in [3.8, 4) is 0 Å². The highest BCUT2D eigenvalue weighted by Gasteiger charge is 2.16. The second-order valence-corrected chi connectivity index (χ2v) is 3.97. The molecule has 0 saturated heterocycles. The molecule has 0 unspecified atom stereocenters. The van der Waals surface area contributed by atoms with Crippen LogP contribution < -0.4 is 0 Å². The Bertz CT molecular complexity index is 258. The van der Waals surface area contributed by atoms with E-state index in [2.05, 4.69) is 26.8 Å². The topological polar surface area (TPSA) is 0 Å².